The van der Waals surface area contributed by atoms with E-state index in [1.807, 2.05) is 0 Å². The third kappa shape index (κ3) is 5.38. The summed E-state index contributed by atoms with van der Waals surface area (Å²) in [5.41, 5.74) is 0. The Bertz CT molecular complexity index is 407. The van der Waals surface area contributed by atoms with Crippen LogP contribution >= 0.6 is 0 Å². The Balaban J connectivity index is 2.38. The Hall–Kier alpha value is -2.09. The van der Waals surface area contributed by atoms with Gasteiger partial charge in [-0.15, -0.1) is 0 Å². The predicted molar refractivity (Wildman–Crippen MR) is 66.5 cm³/mol. The molecule has 106 valence electrons. The van der Waals surface area contributed by atoms with Crippen molar-refractivity contribution in [3.05, 3.63) is 18.7 Å². The van der Waals surface area contributed by atoms with Crippen molar-refractivity contribution >= 4 is 12.0 Å². The molecule has 2 atom stereocenters. The number of carboxylic acid groups (broad SMARTS) is 1. The molecular formula is C11H18N4O4. The highest BCUT2D eigenvalue weighted by molar-refractivity contribution is 5.82. The van der Waals surface area contributed by atoms with Gasteiger partial charge in [-0.1, -0.05) is 0 Å². The summed E-state index contributed by atoms with van der Waals surface area (Å²) >= 11 is 0. The molecular weight excluding hydrogens is 252 g/mol. The van der Waals surface area contributed by atoms with Crippen molar-refractivity contribution in [3.8, 4) is 0 Å². The number of urea groups is 1. The summed E-state index contributed by atoms with van der Waals surface area (Å²) in [6, 6.07) is -1.85. The summed E-state index contributed by atoms with van der Waals surface area (Å²) in [6.07, 6.45) is 5.00. The highest BCUT2D eigenvalue weighted by Gasteiger charge is 2.19. The second-order valence-electron chi connectivity index (χ2n) is 4.18. The molecule has 0 aliphatic rings. The molecule has 4 N–H and O–H groups in total. The first kappa shape index (κ1) is 15.0. The van der Waals surface area contributed by atoms with E-state index in [1.165, 1.54) is 0 Å². The molecule has 0 saturated heterocycles. The van der Waals surface area contributed by atoms with Crippen LogP contribution in [0.5, 0.6) is 0 Å². The minimum absolute atomic E-state index is 0.0291. The van der Waals surface area contributed by atoms with E-state index >= 15 is 0 Å². The van der Waals surface area contributed by atoms with Gasteiger partial charge in [0.1, 0.15) is 6.04 Å². The number of aliphatic carboxylic acids is 1. The number of aromatic nitrogens is 2. The molecule has 1 heterocycles. The van der Waals surface area contributed by atoms with Crippen molar-refractivity contribution < 1.29 is 19.8 Å². The van der Waals surface area contributed by atoms with Gasteiger partial charge in [0.05, 0.1) is 6.33 Å². The summed E-state index contributed by atoms with van der Waals surface area (Å²) in [5, 5.41) is 22.4. The van der Waals surface area contributed by atoms with Crippen molar-refractivity contribution in [2.24, 2.45) is 0 Å². The third-order valence-corrected chi connectivity index (χ3v) is 2.44. The van der Waals surface area contributed by atoms with E-state index in [0.29, 0.717) is 6.54 Å². The van der Waals surface area contributed by atoms with Crippen molar-refractivity contribution in [1.29, 1.82) is 0 Å². The number of aliphatic hydroxyl groups is 1. The molecule has 0 aliphatic carbocycles. The zero-order chi connectivity index (χ0) is 14.3. The lowest BCUT2D eigenvalue weighted by molar-refractivity contribution is -0.139. The van der Waals surface area contributed by atoms with E-state index < -0.39 is 18.0 Å². The minimum atomic E-state index is -1.17. The molecule has 2 amide bonds. The molecule has 0 aliphatic heterocycles. The first-order valence-corrected chi connectivity index (χ1v) is 5.89. The predicted octanol–water partition coefficient (Wildman–Crippen LogP) is -0.594. The van der Waals surface area contributed by atoms with Gasteiger partial charge in [-0.05, 0) is 6.92 Å². The van der Waals surface area contributed by atoms with Crippen molar-refractivity contribution in [2.75, 3.05) is 6.61 Å². The molecule has 1 aromatic heterocycles. The quantitative estimate of drug-likeness (QED) is 0.528. The number of amides is 2. The second-order valence-corrected chi connectivity index (χ2v) is 4.18. The lowest BCUT2D eigenvalue weighted by atomic mass is 10.2. The monoisotopic (exact) mass is 270 g/mol. The van der Waals surface area contributed by atoms with Gasteiger partial charge in [0.25, 0.3) is 0 Å². The SMILES string of the molecule is CC(Cn1ccnc1)NC(=O)N[C@@H](CCO)C(=O)O. The Morgan fingerprint density at radius 1 is 1.42 bits per heavy atom. The number of carbonyl (C=O) groups is 2. The largest absolute Gasteiger partial charge is 0.480 e. The van der Waals surface area contributed by atoms with Gasteiger partial charge in [-0.3, -0.25) is 0 Å². The fourth-order valence-electron chi connectivity index (χ4n) is 1.57. The van der Waals surface area contributed by atoms with Crippen LogP contribution in [0.15, 0.2) is 18.7 Å². The summed E-state index contributed by atoms with van der Waals surface area (Å²) in [4.78, 5) is 26.3. The number of hydrogen-bond donors (Lipinski definition) is 4. The van der Waals surface area contributed by atoms with E-state index in [-0.39, 0.29) is 19.1 Å². The fraction of sp³-hybridized carbons (Fsp3) is 0.545. The number of rotatable bonds is 7. The molecule has 0 bridgehead atoms. The normalized spacial score (nSPS) is 13.6. The maximum atomic E-state index is 11.6. The molecule has 0 spiro atoms. The molecule has 1 aromatic rings. The third-order valence-electron chi connectivity index (χ3n) is 2.44. The van der Waals surface area contributed by atoms with Crippen molar-refractivity contribution in [2.45, 2.75) is 32.0 Å². The average molecular weight is 270 g/mol. The number of carboxylic acids is 1. The standard InChI is InChI=1S/C11H18N4O4/c1-8(6-15-4-3-12-7-15)13-11(19)14-9(2-5-16)10(17)18/h3-4,7-9,16H,2,5-6H2,1H3,(H,17,18)(H2,13,14,19)/t8?,9-/m0/s1. The maximum absolute atomic E-state index is 11.6. The van der Waals surface area contributed by atoms with Crippen LogP contribution in [0.1, 0.15) is 13.3 Å². The molecule has 8 heteroatoms. The molecule has 0 radical (unpaired) electrons. The maximum Gasteiger partial charge on any atom is 0.326 e. The zero-order valence-corrected chi connectivity index (χ0v) is 10.6. The van der Waals surface area contributed by atoms with Crippen LogP contribution in [0.25, 0.3) is 0 Å². The molecule has 0 saturated carbocycles. The summed E-state index contributed by atoms with van der Waals surface area (Å²) in [6.45, 7) is 2.02. The molecule has 1 rings (SSSR count). The van der Waals surface area contributed by atoms with Crippen LogP contribution in [0.3, 0.4) is 0 Å². The summed E-state index contributed by atoms with van der Waals surface area (Å²) in [7, 11) is 0. The van der Waals surface area contributed by atoms with Gasteiger partial charge < -0.3 is 25.4 Å². The summed E-state index contributed by atoms with van der Waals surface area (Å²) < 4.78 is 1.80. The van der Waals surface area contributed by atoms with Gasteiger partial charge in [0.2, 0.25) is 0 Å². The fourth-order valence-corrected chi connectivity index (χ4v) is 1.57. The minimum Gasteiger partial charge on any atom is -0.480 e. The average Bonchev–Trinajstić information content (AvgIpc) is 2.80. The van der Waals surface area contributed by atoms with E-state index in [0.717, 1.165) is 0 Å². The highest BCUT2D eigenvalue weighted by Crippen LogP contribution is 1.94. The molecule has 8 nitrogen and oxygen atoms in total. The number of nitrogens with one attached hydrogen (secondary N) is 2. The Morgan fingerprint density at radius 3 is 2.68 bits per heavy atom. The van der Waals surface area contributed by atoms with E-state index in [1.54, 1.807) is 30.2 Å². The topological polar surface area (TPSA) is 116 Å². The lowest BCUT2D eigenvalue weighted by Crippen LogP contribution is -2.49. The van der Waals surface area contributed by atoms with Crippen LogP contribution in [-0.4, -0.2) is 50.5 Å². The second kappa shape index (κ2) is 7.37. The Kier molecular flexibility index (Phi) is 5.80. The van der Waals surface area contributed by atoms with Crippen LogP contribution in [-0.2, 0) is 11.3 Å². The lowest BCUT2D eigenvalue weighted by Gasteiger charge is -2.18. The van der Waals surface area contributed by atoms with Gasteiger partial charge in [-0.2, -0.15) is 0 Å². The van der Waals surface area contributed by atoms with Crippen LogP contribution in [0.4, 0.5) is 4.79 Å². The van der Waals surface area contributed by atoms with Crippen LogP contribution in [0.2, 0.25) is 0 Å². The van der Waals surface area contributed by atoms with Gasteiger partial charge >= 0.3 is 12.0 Å². The number of hydrogen-bond acceptors (Lipinski definition) is 4. The molecule has 0 aromatic carbocycles. The van der Waals surface area contributed by atoms with E-state index in [2.05, 4.69) is 15.6 Å². The van der Waals surface area contributed by atoms with E-state index in [9.17, 15) is 9.59 Å². The molecule has 0 fully saturated rings. The van der Waals surface area contributed by atoms with E-state index in [4.69, 9.17) is 10.2 Å². The number of nitrogens with zero attached hydrogens (tertiary/aromatic N) is 2. The van der Waals surface area contributed by atoms with Gasteiger partial charge in [0.15, 0.2) is 0 Å². The first-order chi connectivity index (χ1) is 9.02. The van der Waals surface area contributed by atoms with Crippen LogP contribution in [0, 0.1) is 0 Å². The Labute approximate surface area is 110 Å². The van der Waals surface area contributed by atoms with Gasteiger partial charge in [-0.25, -0.2) is 14.6 Å². The summed E-state index contributed by atoms with van der Waals surface area (Å²) in [5.74, 6) is -1.17. The Morgan fingerprint density at radius 2 is 2.16 bits per heavy atom. The van der Waals surface area contributed by atoms with Crippen molar-refractivity contribution in [1.82, 2.24) is 20.2 Å². The van der Waals surface area contributed by atoms with Crippen molar-refractivity contribution in [3.63, 3.8) is 0 Å². The highest BCUT2D eigenvalue weighted by atomic mass is 16.4. The van der Waals surface area contributed by atoms with Gasteiger partial charge in [0, 0.05) is 38.0 Å². The first-order valence-electron chi connectivity index (χ1n) is 5.89. The zero-order valence-electron chi connectivity index (χ0n) is 10.6. The number of imidazole rings is 1. The number of aliphatic hydroxyl groups excluding tert-OH is 1. The number of carbonyl (C=O) groups excluding carboxylic acids is 1. The molecule has 1 unspecified atom stereocenters. The smallest absolute Gasteiger partial charge is 0.326 e. The molecule has 19 heavy (non-hydrogen) atoms. The van der Waals surface area contributed by atoms with Crippen LogP contribution < -0.4 is 10.6 Å².